The maximum atomic E-state index is 13.6. The molecular weight excluding hydrogens is 451 g/mol. The molecule has 0 amide bonds. The normalized spacial score (nSPS) is 11.4. The summed E-state index contributed by atoms with van der Waals surface area (Å²) in [6.07, 6.45) is -0.800. The molecule has 174 valence electrons. The Hall–Kier alpha value is -3.39. The van der Waals surface area contributed by atoms with Crippen LogP contribution < -0.4 is 4.90 Å². The van der Waals surface area contributed by atoms with E-state index in [0.29, 0.717) is 15.9 Å². The fraction of sp³-hybridized carbons (Fsp3) is 0.292. The molecule has 9 heteroatoms. The van der Waals surface area contributed by atoms with Gasteiger partial charge in [-0.05, 0) is 51.1 Å². The van der Waals surface area contributed by atoms with E-state index in [1.807, 2.05) is 0 Å². The summed E-state index contributed by atoms with van der Waals surface area (Å²) in [4.78, 5) is 40.3. The molecule has 7 nitrogen and oxygen atoms in total. The van der Waals surface area contributed by atoms with Crippen LogP contribution in [0.1, 0.15) is 41.6 Å². The van der Waals surface area contributed by atoms with Gasteiger partial charge in [0.25, 0.3) is 0 Å². The number of halogens is 2. The van der Waals surface area contributed by atoms with Gasteiger partial charge in [-0.3, -0.25) is 4.79 Å². The molecule has 0 N–H and O–H groups in total. The van der Waals surface area contributed by atoms with Crippen LogP contribution in [-0.4, -0.2) is 48.7 Å². The molecule has 2 aromatic carbocycles. The van der Waals surface area contributed by atoms with Crippen molar-refractivity contribution in [2.45, 2.75) is 26.4 Å². The molecule has 0 radical (unpaired) electrons. The summed E-state index contributed by atoms with van der Waals surface area (Å²) in [7, 11) is 2.78. The summed E-state index contributed by atoms with van der Waals surface area (Å²) in [6.45, 7) is 4.91. The molecule has 0 aliphatic heterocycles. The Labute approximate surface area is 195 Å². The van der Waals surface area contributed by atoms with Gasteiger partial charge in [-0.1, -0.05) is 23.7 Å². The van der Waals surface area contributed by atoms with Crippen LogP contribution in [0.4, 0.5) is 14.9 Å². The van der Waals surface area contributed by atoms with E-state index in [2.05, 4.69) is 0 Å². The minimum absolute atomic E-state index is 0.112. The zero-order valence-corrected chi connectivity index (χ0v) is 19.7. The van der Waals surface area contributed by atoms with Crippen molar-refractivity contribution in [3.8, 4) is 0 Å². The van der Waals surface area contributed by atoms with Crippen LogP contribution >= 0.6 is 11.6 Å². The first kappa shape index (κ1) is 24.3. The molecule has 1 aromatic heterocycles. The van der Waals surface area contributed by atoms with Crippen LogP contribution in [0.2, 0.25) is 5.02 Å². The largest absolute Gasteiger partial charge is 0.464 e. The fourth-order valence-electron chi connectivity index (χ4n) is 3.46. The summed E-state index contributed by atoms with van der Waals surface area (Å²) < 4.78 is 25.1. The maximum absolute atomic E-state index is 13.6. The number of anilines is 1. The van der Waals surface area contributed by atoms with E-state index in [9.17, 15) is 18.8 Å². The number of benzene rings is 2. The van der Waals surface area contributed by atoms with Crippen molar-refractivity contribution in [3.63, 3.8) is 0 Å². The number of aromatic nitrogens is 1. The van der Waals surface area contributed by atoms with Crippen molar-refractivity contribution in [2.24, 2.45) is 0 Å². The van der Waals surface area contributed by atoms with Crippen LogP contribution in [0.15, 0.2) is 42.5 Å². The third-order valence-corrected chi connectivity index (χ3v) is 5.00. The second kappa shape index (κ2) is 9.23. The number of Topliss-reactive ketones (excluding diaryl/α,β-unsaturated/α-hetero) is 1. The van der Waals surface area contributed by atoms with E-state index < -0.39 is 23.5 Å². The Balaban J connectivity index is 2.18. The van der Waals surface area contributed by atoms with Crippen LogP contribution in [0.25, 0.3) is 10.9 Å². The fourth-order valence-corrected chi connectivity index (χ4v) is 3.63. The molecule has 33 heavy (non-hydrogen) atoms. The summed E-state index contributed by atoms with van der Waals surface area (Å²) in [5.41, 5.74) is -0.167. The SMILES string of the molecule is COC(=O)c1c(N(C)CC(=O)c2cccc(F)c2)c2ccc(Cl)cc2n1C(=O)OC(C)(C)C. The minimum Gasteiger partial charge on any atom is -0.464 e. The summed E-state index contributed by atoms with van der Waals surface area (Å²) in [5.74, 6) is -1.71. The average molecular weight is 475 g/mol. The molecule has 0 saturated carbocycles. The van der Waals surface area contributed by atoms with Crippen LogP contribution in [0, 0.1) is 5.82 Å². The van der Waals surface area contributed by atoms with Gasteiger partial charge in [-0.15, -0.1) is 0 Å². The molecule has 0 atom stereocenters. The third kappa shape index (κ3) is 5.17. The number of carbonyl (C=O) groups is 3. The van der Waals surface area contributed by atoms with Crippen molar-refractivity contribution in [1.82, 2.24) is 4.57 Å². The van der Waals surface area contributed by atoms with E-state index in [0.717, 1.165) is 10.6 Å². The number of nitrogens with zero attached hydrogens (tertiary/aromatic N) is 2. The number of fused-ring (bicyclic) bond motifs is 1. The number of hydrogen-bond acceptors (Lipinski definition) is 6. The number of esters is 1. The third-order valence-electron chi connectivity index (χ3n) is 4.77. The van der Waals surface area contributed by atoms with Gasteiger partial charge in [0.2, 0.25) is 0 Å². The first-order valence-corrected chi connectivity index (χ1v) is 10.5. The molecule has 0 aliphatic carbocycles. The Bertz CT molecular complexity index is 1250. The lowest BCUT2D eigenvalue weighted by atomic mass is 10.1. The second-order valence-electron chi connectivity index (χ2n) is 8.46. The van der Waals surface area contributed by atoms with Crippen molar-refractivity contribution >= 4 is 46.0 Å². The van der Waals surface area contributed by atoms with Crippen LogP contribution in [0.3, 0.4) is 0 Å². The topological polar surface area (TPSA) is 77.8 Å². The van der Waals surface area contributed by atoms with E-state index in [4.69, 9.17) is 21.1 Å². The van der Waals surface area contributed by atoms with Gasteiger partial charge in [-0.25, -0.2) is 18.5 Å². The van der Waals surface area contributed by atoms with Crippen molar-refractivity contribution in [2.75, 3.05) is 25.6 Å². The predicted octanol–water partition coefficient (Wildman–Crippen LogP) is 5.32. The number of ether oxygens (including phenoxy) is 2. The molecule has 0 fully saturated rings. The first-order valence-electron chi connectivity index (χ1n) is 10.1. The molecule has 0 saturated heterocycles. The molecule has 0 aliphatic rings. The Morgan fingerprint density at radius 1 is 1.12 bits per heavy atom. The lowest BCUT2D eigenvalue weighted by Crippen LogP contribution is -2.31. The predicted molar refractivity (Wildman–Crippen MR) is 124 cm³/mol. The van der Waals surface area contributed by atoms with Crippen LogP contribution in [0.5, 0.6) is 0 Å². The summed E-state index contributed by atoms with van der Waals surface area (Å²) >= 11 is 6.18. The number of rotatable bonds is 5. The Morgan fingerprint density at radius 3 is 2.42 bits per heavy atom. The van der Waals surface area contributed by atoms with Gasteiger partial charge in [-0.2, -0.15) is 0 Å². The molecule has 1 heterocycles. The number of likely N-dealkylation sites (N-methyl/N-ethyl adjacent to an activating group) is 1. The lowest BCUT2D eigenvalue weighted by molar-refractivity contribution is 0.0490. The Morgan fingerprint density at radius 2 is 1.82 bits per heavy atom. The zero-order chi connectivity index (χ0) is 24.5. The van der Waals surface area contributed by atoms with Gasteiger partial charge in [0.1, 0.15) is 11.4 Å². The van der Waals surface area contributed by atoms with Gasteiger partial charge < -0.3 is 14.4 Å². The van der Waals surface area contributed by atoms with E-state index in [1.54, 1.807) is 40.0 Å². The highest BCUT2D eigenvalue weighted by Crippen LogP contribution is 2.36. The highest BCUT2D eigenvalue weighted by Gasteiger charge is 2.32. The Kier molecular flexibility index (Phi) is 6.78. The number of hydrogen-bond donors (Lipinski definition) is 0. The zero-order valence-electron chi connectivity index (χ0n) is 18.9. The highest BCUT2D eigenvalue weighted by molar-refractivity contribution is 6.31. The van der Waals surface area contributed by atoms with Crippen LogP contribution in [-0.2, 0) is 9.47 Å². The minimum atomic E-state index is -0.834. The van der Waals surface area contributed by atoms with Gasteiger partial charge in [0.15, 0.2) is 11.5 Å². The van der Waals surface area contributed by atoms with Crippen molar-refractivity contribution < 1.29 is 28.2 Å². The number of carbonyl (C=O) groups excluding carboxylic acids is 3. The van der Waals surface area contributed by atoms with Gasteiger partial charge in [0.05, 0.1) is 24.9 Å². The van der Waals surface area contributed by atoms with Crippen molar-refractivity contribution in [1.29, 1.82) is 0 Å². The van der Waals surface area contributed by atoms with E-state index in [1.165, 1.54) is 36.3 Å². The maximum Gasteiger partial charge on any atom is 0.419 e. The molecular formula is C24H24ClFN2O5. The lowest BCUT2D eigenvalue weighted by Gasteiger charge is -2.22. The standard InChI is InChI=1S/C24H24ClFN2O5/c1-24(2,3)33-23(31)28-18-12-15(25)9-10-17(18)20(21(28)22(30)32-5)27(4)13-19(29)14-7-6-8-16(26)11-14/h6-12H,13H2,1-5H3. The highest BCUT2D eigenvalue weighted by atomic mass is 35.5. The molecule has 3 rings (SSSR count). The average Bonchev–Trinajstić information content (AvgIpc) is 3.06. The smallest absolute Gasteiger partial charge is 0.419 e. The molecule has 3 aromatic rings. The van der Waals surface area contributed by atoms with E-state index >= 15 is 0 Å². The van der Waals surface area contributed by atoms with E-state index in [-0.39, 0.29) is 29.3 Å². The molecule has 0 unspecified atom stereocenters. The first-order chi connectivity index (χ1) is 15.4. The quantitative estimate of drug-likeness (QED) is 0.368. The van der Waals surface area contributed by atoms with Crippen molar-refractivity contribution in [3.05, 3.63) is 64.6 Å². The molecule has 0 spiro atoms. The summed E-state index contributed by atoms with van der Waals surface area (Å²) in [5, 5.41) is 0.825. The monoisotopic (exact) mass is 474 g/mol. The number of methoxy groups -OCH3 is 1. The summed E-state index contributed by atoms with van der Waals surface area (Å²) in [6, 6.07) is 10.1. The molecule has 0 bridgehead atoms. The van der Waals surface area contributed by atoms with Gasteiger partial charge >= 0.3 is 12.1 Å². The van der Waals surface area contributed by atoms with Gasteiger partial charge in [0, 0.05) is 23.0 Å². The number of ketones is 1. The second-order valence-corrected chi connectivity index (χ2v) is 8.89.